The second kappa shape index (κ2) is 3.60. The molecule has 1 N–H and O–H groups in total. The van der Waals surface area contributed by atoms with Gasteiger partial charge in [0, 0.05) is 5.71 Å². The highest BCUT2D eigenvalue weighted by molar-refractivity contribution is 6.24. The first-order chi connectivity index (χ1) is 4.46. The molecular weight excluding hydrogens is 121 g/mol. The minimum atomic E-state index is 0.363. The van der Waals surface area contributed by atoms with Gasteiger partial charge in [-0.2, -0.15) is 0 Å². The van der Waals surface area contributed by atoms with Gasteiger partial charge in [-0.05, 0) is 18.4 Å². The molecule has 0 atom stereocenters. The summed E-state index contributed by atoms with van der Waals surface area (Å²) in [5.74, 6) is 0.363. The topological polar surface area (TPSA) is 23.9 Å². The zero-order chi connectivity index (χ0) is 8.31. The van der Waals surface area contributed by atoms with Crippen LogP contribution in [-0.4, -0.2) is 13.6 Å². The van der Waals surface area contributed by atoms with Crippen LogP contribution in [0, 0.1) is 11.3 Å². The van der Waals surface area contributed by atoms with Crippen molar-refractivity contribution in [1.29, 1.82) is 5.41 Å². The summed E-state index contributed by atoms with van der Waals surface area (Å²) in [4.78, 5) is 0. The molecule has 0 bridgehead atoms. The summed E-state index contributed by atoms with van der Waals surface area (Å²) in [6.07, 6.45) is 0. The van der Waals surface area contributed by atoms with Crippen molar-refractivity contribution in [3.63, 3.8) is 0 Å². The molecule has 0 amide bonds. The molecule has 0 spiro atoms. The van der Waals surface area contributed by atoms with E-state index in [4.69, 9.17) is 13.3 Å². The van der Waals surface area contributed by atoms with E-state index >= 15 is 0 Å². The molecule has 0 saturated carbocycles. The van der Waals surface area contributed by atoms with E-state index in [9.17, 15) is 0 Å². The minimum absolute atomic E-state index is 0.363. The molecular formula is C8H14BN. The Morgan fingerprint density at radius 3 is 1.70 bits per heavy atom. The van der Waals surface area contributed by atoms with E-state index in [0.29, 0.717) is 11.6 Å². The molecule has 0 rings (SSSR count). The highest BCUT2D eigenvalue weighted by atomic mass is 14.4. The van der Waals surface area contributed by atoms with E-state index < -0.39 is 0 Å². The number of rotatable bonds is 2. The van der Waals surface area contributed by atoms with Gasteiger partial charge in [0.25, 0.3) is 0 Å². The fourth-order valence-electron chi connectivity index (χ4n) is 1.18. The fraction of sp³-hybridized carbons (Fsp3) is 0.625. The maximum Gasteiger partial charge on any atom is 0.107 e. The Kier molecular flexibility index (Phi) is 3.41. The van der Waals surface area contributed by atoms with Gasteiger partial charge in [-0.25, -0.2) is 0 Å². The lowest BCUT2D eigenvalue weighted by Crippen LogP contribution is -2.06. The number of allylic oxidation sites excluding steroid dienone is 2. The standard InChI is InChI=1S/C8H14BN/c1-5(2)8(6(3)9)7(4)10/h5,10H,1-4H3/b8-6-,10-7?. The average molecular weight is 135 g/mol. The monoisotopic (exact) mass is 135 g/mol. The molecule has 2 heteroatoms. The molecule has 0 aliphatic rings. The van der Waals surface area contributed by atoms with Gasteiger partial charge >= 0.3 is 0 Å². The van der Waals surface area contributed by atoms with E-state index in [2.05, 4.69) is 0 Å². The molecule has 2 radical (unpaired) electrons. The zero-order valence-electron chi connectivity index (χ0n) is 7.15. The van der Waals surface area contributed by atoms with Crippen molar-refractivity contribution in [1.82, 2.24) is 0 Å². The Labute approximate surface area is 64.4 Å². The molecule has 54 valence electrons. The van der Waals surface area contributed by atoms with Gasteiger partial charge in [0.1, 0.15) is 7.85 Å². The summed E-state index contributed by atoms with van der Waals surface area (Å²) in [6.45, 7) is 7.70. The van der Waals surface area contributed by atoms with Crippen LogP contribution in [0.4, 0.5) is 0 Å². The van der Waals surface area contributed by atoms with Crippen LogP contribution < -0.4 is 0 Å². The van der Waals surface area contributed by atoms with Crippen LogP contribution in [-0.2, 0) is 0 Å². The van der Waals surface area contributed by atoms with Crippen molar-refractivity contribution in [2.75, 3.05) is 0 Å². The number of hydrogen-bond acceptors (Lipinski definition) is 1. The molecule has 0 saturated heterocycles. The van der Waals surface area contributed by atoms with Crippen LogP contribution in [0.25, 0.3) is 0 Å². The van der Waals surface area contributed by atoms with Crippen molar-refractivity contribution in [2.45, 2.75) is 27.7 Å². The van der Waals surface area contributed by atoms with Gasteiger partial charge < -0.3 is 5.41 Å². The van der Waals surface area contributed by atoms with Crippen molar-refractivity contribution in [3.8, 4) is 0 Å². The van der Waals surface area contributed by atoms with Crippen LogP contribution >= 0.6 is 0 Å². The van der Waals surface area contributed by atoms with E-state index in [1.165, 1.54) is 0 Å². The third kappa shape index (κ3) is 2.38. The van der Waals surface area contributed by atoms with Crippen molar-refractivity contribution >= 4 is 13.6 Å². The molecule has 0 aromatic carbocycles. The molecule has 0 aromatic rings. The zero-order valence-corrected chi connectivity index (χ0v) is 7.15. The quantitative estimate of drug-likeness (QED) is 0.443. The minimum Gasteiger partial charge on any atom is -0.305 e. The number of hydrogen-bond donors (Lipinski definition) is 1. The predicted octanol–water partition coefficient (Wildman–Crippen LogP) is 2.12. The molecule has 0 aromatic heterocycles. The first kappa shape index (κ1) is 9.47. The van der Waals surface area contributed by atoms with E-state index in [0.717, 1.165) is 11.0 Å². The Hall–Kier alpha value is -0.525. The van der Waals surface area contributed by atoms with Gasteiger partial charge in [0.2, 0.25) is 0 Å². The molecule has 0 heterocycles. The maximum atomic E-state index is 7.37. The maximum absolute atomic E-state index is 7.37. The van der Waals surface area contributed by atoms with Gasteiger partial charge in [-0.1, -0.05) is 20.8 Å². The van der Waals surface area contributed by atoms with Gasteiger partial charge in [0.15, 0.2) is 0 Å². The second-order valence-corrected chi connectivity index (χ2v) is 2.88. The molecule has 0 aliphatic heterocycles. The largest absolute Gasteiger partial charge is 0.305 e. The average Bonchev–Trinajstić information content (AvgIpc) is 1.59. The Balaban J connectivity index is 4.61. The first-order valence-electron chi connectivity index (χ1n) is 3.48. The highest BCUT2D eigenvalue weighted by Gasteiger charge is 2.05. The van der Waals surface area contributed by atoms with Gasteiger partial charge in [-0.3, -0.25) is 0 Å². The van der Waals surface area contributed by atoms with Gasteiger partial charge in [0.05, 0.1) is 0 Å². The summed E-state index contributed by atoms with van der Waals surface area (Å²) in [5, 5.41) is 7.37. The highest BCUT2D eigenvalue weighted by Crippen LogP contribution is 2.13. The lowest BCUT2D eigenvalue weighted by Gasteiger charge is -2.11. The second-order valence-electron chi connectivity index (χ2n) is 2.88. The van der Waals surface area contributed by atoms with E-state index in [-0.39, 0.29) is 0 Å². The summed E-state index contributed by atoms with van der Waals surface area (Å²) >= 11 is 0. The third-order valence-corrected chi connectivity index (χ3v) is 1.41. The SMILES string of the molecule is [B]/C(C)=C(\C(C)=N)C(C)C. The van der Waals surface area contributed by atoms with Crippen molar-refractivity contribution in [2.24, 2.45) is 5.92 Å². The van der Waals surface area contributed by atoms with Crippen LogP contribution in [0.3, 0.4) is 0 Å². The fourth-order valence-corrected chi connectivity index (χ4v) is 1.18. The first-order valence-corrected chi connectivity index (χ1v) is 3.48. The van der Waals surface area contributed by atoms with Crippen molar-refractivity contribution in [3.05, 3.63) is 11.0 Å². The molecule has 10 heavy (non-hydrogen) atoms. The molecule has 0 unspecified atom stereocenters. The molecule has 0 aliphatic carbocycles. The lowest BCUT2D eigenvalue weighted by atomic mass is 9.84. The lowest BCUT2D eigenvalue weighted by molar-refractivity contribution is 0.796. The van der Waals surface area contributed by atoms with Crippen LogP contribution in [0.2, 0.25) is 0 Å². The summed E-state index contributed by atoms with van der Waals surface area (Å²) in [5.41, 5.74) is 2.32. The summed E-state index contributed by atoms with van der Waals surface area (Å²) < 4.78 is 0. The van der Waals surface area contributed by atoms with E-state index in [1.54, 1.807) is 6.92 Å². The van der Waals surface area contributed by atoms with Crippen LogP contribution in [0.5, 0.6) is 0 Å². The van der Waals surface area contributed by atoms with Crippen LogP contribution in [0.15, 0.2) is 11.0 Å². The normalized spacial score (nSPS) is 13.3. The smallest absolute Gasteiger partial charge is 0.107 e. The molecule has 0 fully saturated rings. The summed E-state index contributed by atoms with van der Waals surface area (Å²) in [6, 6.07) is 0. The summed E-state index contributed by atoms with van der Waals surface area (Å²) in [7, 11) is 5.58. The number of nitrogens with one attached hydrogen (secondary N) is 1. The Bertz CT molecular complexity index is 164. The Morgan fingerprint density at radius 1 is 1.30 bits per heavy atom. The predicted molar refractivity (Wildman–Crippen MR) is 46.7 cm³/mol. The third-order valence-electron chi connectivity index (χ3n) is 1.41. The van der Waals surface area contributed by atoms with Gasteiger partial charge in [-0.15, -0.1) is 5.47 Å². The Morgan fingerprint density at radius 2 is 1.70 bits per heavy atom. The van der Waals surface area contributed by atoms with Crippen molar-refractivity contribution < 1.29 is 0 Å². The van der Waals surface area contributed by atoms with Crippen LogP contribution in [0.1, 0.15) is 27.7 Å². The molecule has 1 nitrogen and oxygen atoms in total. The van der Waals surface area contributed by atoms with E-state index in [1.807, 2.05) is 20.8 Å².